The quantitative estimate of drug-likeness (QED) is 0.400. The molecule has 0 bridgehead atoms. The van der Waals surface area contributed by atoms with E-state index in [1.54, 1.807) is 11.8 Å². The average Bonchev–Trinajstić information content (AvgIpc) is 3.34. The summed E-state index contributed by atoms with van der Waals surface area (Å²) in [6.07, 6.45) is 15.3. The predicted octanol–water partition coefficient (Wildman–Crippen LogP) is 6.43. The van der Waals surface area contributed by atoms with E-state index in [9.17, 15) is 4.79 Å². The maximum absolute atomic E-state index is 12.6. The molecule has 6 rings (SSSR count). The van der Waals surface area contributed by atoms with Gasteiger partial charge in [0.1, 0.15) is 12.1 Å². The Morgan fingerprint density at radius 3 is 2.55 bits per heavy atom. The highest BCUT2D eigenvalue weighted by Gasteiger charge is 2.69. The van der Waals surface area contributed by atoms with Gasteiger partial charge >= 0.3 is 5.97 Å². The Morgan fingerprint density at radius 2 is 1.82 bits per heavy atom. The Kier molecular flexibility index (Phi) is 7.48. The SMILES string of the molecule is CSCCC(N)C(=O)O[C@H]1CC[C@@]2(C)C(CCC3C2CC[C@@]2(C)C3CC3O[C@]4(CC[C@@H](C)CO4)C(C)C32)C1. The molecule has 0 aromatic heterocycles. The van der Waals surface area contributed by atoms with E-state index in [0.717, 1.165) is 49.4 Å². The van der Waals surface area contributed by atoms with Crippen molar-refractivity contribution in [1.82, 2.24) is 0 Å². The number of esters is 1. The van der Waals surface area contributed by atoms with Crippen molar-refractivity contribution in [1.29, 1.82) is 0 Å². The molecule has 1 spiro atoms. The van der Waals surface area contributed by atoms with Gasteiger partial charge in [0.2, 0.25) is 0 Å². The number of hydrogen-bond acceptors (Lipinski definition) is 6. The number of ether oxygens (including phenoxy) is 3. The van der Waals surface area contributed by atoms with Crippen molar-refractivity contribution in [2.75, 3.05) is 18.6 Å². The minimum Gasteiger partial charge on any atom is -0.461 e. The number of hydrogen-bond donors (Lipinski definition) is 1. The van der Waals surface area contributed by atoms with Gasteiger partial charge in [-0.25, -0.2) is 0 Å². The average molecular weight is 548 g/mol. The van der Waals surface area contributed by atoms with E-state index in [1.165, 1.54) is 44.9 Å². The lowest BCUT2D eigenvalue weighted by molar-refractivity contribution is -0.273. The second-order valence-corrected chi connectivity index (χ2v) is 15.9. The molecule has 5 nitrogen and oxygen atoms in total. The second-order valence-electron chi connectivity index (χ2n) is 14.9. The van der Waals surface area contributed by atoms with Crippen LogP contribution in [0.5, 0.6) is 0 Å². The third kappa shape index (κ3) is 4.32. The molecule has 8 unspecified atom stereocenters. The van der Waals surface area contributed by atoms with Crippen molar-refractivity contribution in [2.24, 2.45) is 58.0 Å². The van der Waals surface area contributed by atoms with Crippen molar-refractivity contribution >= 4 is 17.7 Å². The molecule has 2 heterocycles. The zero-order chi connectivity index (χ0) is 26.9. The van der Waals surface area contributed by atoms with Crippen LogP contribution in [0.15, 0.2) is 0 Å². The first-order valence-corrected chi connectivity index (χ1v) is 17.3. The van der Waals surface area contributed by atoms with Crippen LogP contribution in [0.4, 0.5) is 0 Å². The highest BCUT2D eigenvalue weighted by molar-refractivity contribution is 7.98. The van der Waals surface area contributed by atoms with E-state index >= 15 is 0 Å². The van der Waals surface area contributed by atoms with Crippen LogP contribution in [0.3, 0.4) is 0 Å². The molecule has 0 amide bonds. The van der Waals surface area contributed by atoms with Crippen molar-refractivity contribution in [2.45, 2.75) is 122 Å². The van der Waals surface area contributed by atoms with Crippen LogP contribution in [0, 0.1) is 52.3 Å². The Hall–Kier alpha value is -0.300. The maximum atomic E-state index is 12.6. The standard InChI is InChI=1S/C32H53NO4S/c1-19-8-14-32(35-18-19)20(2)28-27(37-32)17-25-23-7-6-21-16-22(36-29(34)26(33)11-15-38-5)9-12-30(21,3)24(23)10-13-31(25,28)4/h19-28H,6-18,33H2,1-5H3/t19-,20?,21?,22+,23?,24?,25?,26?,27?,28?,30+,31+,32-/m1/s1. The van der Waals surface area contributed by atoms with Crippen molar-refractivity contribution in [3.63, 3.8) is 0 Å². The van der Waals surface area contributed by atoms with Crippen LogP contribution in [-0.2, 0) is 19.0 Å². The van der Waals surface area contributed by atoms with E-state index in [2.05, 4.69) is 34.0 Å². The highest BCUT2D eigenvalue weighted by Crippen LogP contribution is 2.71. The molecule has 0 aromatic rings. The molecule has 6 aliphatic rings. The van der Waals surface area contributed by atoms with Gasteiger partial charge in [-0.3, -0.25) is 4.79 Å². The van der Waals surface area contributed by atoms with Gasteiger partial charge in [-0.15, -0.1) is 0 Å². The third-order valence-corrected chi connectivity index (χ3v) is 13.7. The van der Waals surface area contributed by atoms with Gasteiger partial charge in [0.15, 0.2) is 5.79 Å². The lowest BCUT2D eigenvalue weighted by Crippen LogP contribution is -2.55. The summed E-state index contributed by atoms with van der Waals surface area (Å²) >= 11 is 1.73. The molecule has 4 saturated carbocycles. The van der Waals surface area contributed by atoms with Crippen molar-refractivity contribution < 1.29 is 19.0 Å². The molecule has 13 atom stereocenters. The Bertz CT molecular complexity index is 891. The monoisotopic (exact) mass is 547 g/mol. The van der Waals surface area contributed by atoms with Gasteiger partial charge in [-0.05, 0) is 123 Å². The largest absolute Gasteiger partial charge is 0.461 e. The summed E-state index contributed by atoms with van der Waals surface area (Å²) in [5.41, 5.74) is 6.88. The Morgan fingerprint density at radius 1 is 1.03 bits per heavy atom. The Labute approximate surface area is 235 Å². The molecule has 6 fully saturated rings. The molecule has 0 radical (unpaired) electrons. The van der Waals surface area contributed by atoms with E-state index in [-0.39, 0.29) is 17.9 Å². The fraction of sp³-hybridized carbons (Fsp3) is 0.969. The van der Waals surface area contributed by atoms with Crippen LogP contribution >= 0.6 is 11.8 Å². The first-order chi connectivity index (χ1) is 18.1. The lowest BCUT2D eigenvalue weighted by Gasteiger charge is -2.61. The summed E-state index contributed by atoms with van der Waals surface area (Å²) in [4.78, 5) is 12.6. The van der Waals surface area contributed by atoms with Crippen molar-refractivity contribution in [3.8, 4) is 0 Å². The molecule has 2 N–H and O–H groups in total. The highest BCUT2D eigenvalue weighted by atomic mass is 32.2. The zero-order valence-electron chi connectivity index (χ0n) is 24.6. The summed E-state index contributed by atoms with van der Waals surface area (Å²) in [6, 6.07) is -0.476. The molecule has 2 aliphatic heterocycles. The number of fused-ring (bicyclic) bond motifs is 7. The molecule has 38 heavy (non-hydrogen) atoms. The summed E-state index contributed by atoms with van der Waals surface area (Å²) in [6.45, 7) is 10.8. The van der Waals surface area contributed by atoms with Gasteiger partial charge in [-0.1, -0.05) is 27.7 Å². The fourth-order valence-electron chi connectivity index (χ4n) is 11.0. The predicted molar refractivity (Wildman–Crippen MR) is 153 cm³/mol. The first kappa shape index (κ1) is 27.8. The maximum Gasteiger partial charge on any atom is 0.323 e. The van der Waals surface area contributed by atoms with Crippen LogP contribution in [-0.4, -0.2) is 48.6 Å². The van der Waals surface area contributed by atoms with Crippen LogP contribution in [0.25, 0.3) is 0 Å². The minimum absolute atomic E-state index is 0.0563. The number of nitrogens with two attached hydrogens (primary N) is 1. The molecule has 4 aliphatic carbocycles. The minimum atomic E-state index is -0.476. The molecule has 0 aromatic carbocycles. The van der Waals surface area contributed by atoms with Gasteiger partial charge in [0.05, 0.1) is 12.7 Å². The first-order valence-electron chi connectivity index (χ1n) is 15.9. The third-order valence-electron chi connectivity index (χ3n) is 13.1. The van der Waals surface area contributed by atoms with Crippen LogP contribution in [0.2, 0.25) is 0 Å². The van der Waals surface area contributed by atoms with E-state index in [1.807, 2.05) is 0 Å². The zero-order valence-corrected chi connectivity index (χ0v) is 25.4. The van der Waals surface area contributed by atoms with Crippen molar-refractivity contribution in [3.05, 3.63) is 0 Å². The van der Waals surface area contributed by atoms with Gasteiger partial charge in [0.25, 0.3) is 0 Å². The second kappa shape index (κ2) is 10.2. The van der Waals surface area contributed by atoms with E-state index < -0.39 is 6.04 Å². The number of rotatable bonds is 5. The van der Waals surface area contributed by atoms with E-state index in [4.69, 9.17) is 19.9 Å². The molecule has 216 valence electrons. The van der Waals surface area contributed by atoms with Gasteiger partial charge in [-0.2, -0.15) is 11.8 Å². The Balaban J connectivity index is 1.12. The molecular weight excluding hydrogens is 494 g/mol. The fourth-order valence-corrected chi connectivity index (χ4v) is 11.4. The van der Waals surface area contributed by atoms with Gasteiger partial charge < -0.3 is 19.9 Å². The van der Waals surface area contributed by atoms with Crippen LogP contribution in [0.1, 0.15) is 98.3 Å². The molecular formula is C32H53NO4S. The summed E-state index contributed by atoms with van der Waals surface area (Å²) in [7, 11) is 0. The number of carbonyl (C=O) groups is 1. The summed E-state index contributed by atoms with van der Waals surface area (Å²) in [5, 5.41) is 0. The molecule has 2 saturated heterocycles. The summed E-state index contributed by atoms with van der Waals surface area (Å²) in [5.74, 6) is 5.25. The van der Waals surface area contributed by atoms with Crippen LogP contribution < -0.4 is 5.73 Å². The van der Waals surface area contributed by atoms with Gasteiger partial charge in [0, 0.05) is 12.3 Å². The lowest BCUT2D eigenvalue weighted by atomic mass is 9.44. The smallest absolute Gasteiger partial charge is 0.323 e. The summed E-state index contributed by atoms with van der Waals surface area (Å²) < 4.78 is 19.5. The number of thioether (sulfide) groups is 1. The molecule has 6 heteroatoms. The topological polar surface area (TPSA) is 70.8 Å². The number of carbonyl (C=O) groups excluding carboxylic acids is 1. The normalized spacial score (nSPS) is 52.5. The van der Waals surface area contributed by atoms with E-state index in [0.29, 0.717) is 47.0 Å².